The summed E-state index contributed by atoms with van der Waals surface area (Å²) in [5.41, 5.74) is 2.19. The summed E-state index contributed by atoms with van der Waals surface area (Å²) in [6.45, 7) is 1.98. The molecule has 2 rings (SSSR count). The van der Waals surface area contributed by atoms with Gasteiger partial charge in [-0.15, -0.1) is 0 Å². The van der Waals surface area contributed by atoms with Gasteiger partial charge in [0.2, 0.25) is 0 Å². The number of nitrogens with one attached hydrogen (secondary N) is 2. The van der Waals surface area contributed by atoms with E-state index in [0.29, 0.717) is 5.69 Å². The maximum atomic E-state index is 11.4. The first kappa shape index (κ1) is 11.0. The zero-order chi connectivity index (χ0) is 12.3. The molecule has 84 valence electrons. The second kappa shape index (κ2) is 4.54. The molecule has 0 atom stereocenters. The number of aryl methyl sites for hydroxylation is 1. The molecule has 0 aliphatic carbocycles. The monoisotopic (exact) mass is 225 g/mol. The van der Waals surface area contributed by atoms with E-state index in [-0.39, 0.29) is 11.1 Å². The Bertz CT molecular complexity index is 638. The molecule has 0 aliphatic rings. The molecular formula is C13H11N3O. The number of nitrogens with zero attached hydrogens (tertiary/aromatic N) is 1. The first-order valence-electron chi connectivity index (χ1n) is 5.16. The number of rotatable bonds is 2. The molecule has 1 aromatic carbocycles. The van der Waals surface area contributed by atoms with E-state index in [1.54, 1.807) is 6.07 Å². The van der Waals surface area contributed by atoms with Crippen LogP contribution in [-0.4, -0.2) is 4.98 Å². The fourth-order valence-electron chi connectivity index (χ4n) is 1.57. The second-order valence-corrected chi connectivity index (χ2v) is 3.70. The van der Waals surface area contributed by atoms with Crippen molar-refractivity contribution in [3.05, 3.63) is 58.0 Å². The van der Waals surface area contributed by atoms with Crippen molar-refractivity contribution in [1.82, 2.24) is 4.98 Å². The fourth-order valence-corrected chi connectivity index (χ4v) is 1.57. The van der Waals surface area contributed by atoms with E-state index < -0.39 is 0 Å². The number of H-pyrrole nitrogens is 1. The summed E-state index contributed by atoms with van der Waals surface area (Å²) in [6.07, 6.45) is 1.52. The largest absolute Gasteiger partial charge is 0.354 e. The highest BCUT2D eigenvalue weighted by molar-refractivity contribution is 5.65. The van der Waals surface area contributed by atoms with Crippen LogP contribution in [0.15, 0.2) is 41.3 Å². The van der Waals surface area contributed by atoms with Crippen molar-refractivity contribution >= 4 is 11.4 Å². The Morgan fingerprint density at radius 2 is 2.18 bits per heavy atom. The number of hydrogen-bond acceptors (Lipinski definition) is 3. The Hall–Kier alpha value is -2.54. The predicted octanol–water partition coefficient (Wildman–Crippen LogP) is 2.30. The number of pyridine rings is 1. The average molecular weight is 225 g/mol. The summed E-state index contributed by atoms with van der Waals surface area (Å²) in [6, 6.07) is 11.3. The molecule has 2 aromatic rings. The Kier molecular flexibility index (Phi) is 2.93. The molecule has 0 saturated carbocycles. The highest BCUT2D eigenvalue weighted by Gasteiger charge is 2.05. The molecule has 0 amide bonds. The molecular weight excluding hydrogens is 214 g/mol. The van der Waals surface area contributed by atoms with Gasteiger partial charge >= 0.3 is 0 Å². The maximum Gasteiger partial charge on any atom is 0.268 e. The number of aromatic nitrogens is 1. The number of benzene rings is 1. The van der Waals surface area contributed by atoms with Crippen molar-refractivity contribution in [3.8, 4) is 6.07 Å². The molecule has 4 nitrogen and oxygen atoms in total. The highest BCUT2D eigenvalue weighted by atomic mass is 16.1. The lowest BCUT2D eigenvalue weighted by atomic mass is 10.2. The minimum absolute atomic E-state index is 0.0917. The van der Waals surface area contributed by atoms with Crippen molar-refractivity contribution < 1.29 is 0 Å². The lowest BCUT2D eigenvalue weighted by Gasteiger charge is -2.07. The number of aromatic amines is 1. The molecule has 1 heterocycles. The molecule has 17 heavy (non-hydrogen) atoms. The van der Waals surface area contributed by atoms with Crippen molar-refractivity contribution in [3.63, 3.8) is 0 Å². The first-order valence-corrected chi connectivity index (χ1v) is 5.16. The van der Waals surface area contributed by atoms with Crippen molar-refractivity contribution in [2.45, 2.75) is 6.92 Å². The summed E-state index contributed by atoms with van der Waals surface area (Å²) >= 11 is 0. The summed E-state index contributed by atoms with van der Waals surface area (Å²) in [7, 11) is 0. The van der Waals surface area contributed by atoms with Crippen LogP contribution in [0.3, 0.4) is 0 Å². The van der Waals surface area contributed by atoms with Gasteiger partial charge in [-0.2, -0.15) is 5.26 Å². The third-order valence-electron chi connectivity index (χ3n) is 2.37. The van der Waals surface area contributed by atoms with Crippen molar-refractivity contribution in [2.24, 2.45) is 0 Å². The molecule has 0 radical (unpaired) electrons. The van der Waals surface area contributed by atoms with E-state index in [4.69, 9.17) is 5.26 Å². The van der Waals surface area contributed by atoms with E-state index in [2.05, 4.69) is 10.3 Å². The van der Waals surface area contributed by atoms with Gasteiger partial charge in [0.05, 0.1) is 5.69 Å². The summed E-state index contributed by atoms with van der Waals surface area (Å²) in [4.78, 5) is 13.9. The van der Waals surface area contributed by atoms with Gasteiger partial charge in [0.25, 0.3) is 5.56 Å². The lowest BCUT2D eigenvalue weighted by molar-refractivity contribution is 1.21. The molecule has 0 fully saturated rings. The van der Waals surface area contributed by atoms with E-state index in [0.717, 1.165) is 11.3 Å². The van der Waals surface area contributed by atoms with Crippen LogP contribution in [0.5, 0.6) is 0 Å². The minimum atomic E-state index is -0.384. The number of nitriles is 1. The third kappa shape index (κ3) is 2.34. The van der Waals surface area contributed by atoms with Crippen LogP contribution >= 0.6 is 0 Å². The average Bonchev–Trinajstić information content (AvgIpc) is 2.29. The Morgan fingerprint density at radius 3 is 2.88 bits per heavy atom. The van der Waals surface area contributed by atoms with Crippen LogP contribution in [0.1, 0.15) is 11.1 Å². The van der Waals surface area contributed by atoms with Crippen LogP contribution < -0.4 is 10.9 Å². The highest BCUT2D eigenvalue weighted by Crippen LogP contribution is 2.18. The van der Waals surface area contributed by atoms with Crippen molar-refractivity contribution in [2.75, 3.05) is 5.32 Å². The van der Waals surface area contributed by atoms with Crippen molar-refractivity contribution in [1.29, 1.82) is 5.26 Å². The fraction of sp³-hybridized carbons (Fsp3) is 0.0769. The standard InChI is InChI=1S/C13H11N3O/c1-9-3-2-4-10(7-9)16-12-5-6-15-13(17)11(12)8-14/h2-7H,1H3,(H2,15,16,17). The molecule has 0 unspecified atom stereocenters. The van der Waals surface area contributed by atoms with E-state index in [1.807, 2.05) is 37.3 Å². The van der Waals surface area contributed by atoms with Gasteiger partial charge < -0.3 is 10.3 Å². The Morgan fingerprint density at radius 1 is 1.35 bits per heavy atom. The quantitative estimate of drug-likeness (QED) is 0.823. The minimum Gasteiger partial charge on any atom is -0.354 e. The van der Waals surface area contributed by atoms with Crippen LogP contribution in [0, 0.1) is 18.3 Å². The zero-order valence-electron chi connectivity index (χ0n) is 9.32. The number of hydrogen-bond donors (Lipinski definition) is 2. The van der Waals surface area contributed by atoms with Gasteiger partial charge in [0.15, 0.2) is 0 Å². The van der Waals surface area contributed by atoms with E-state index in [1.165, 1.54) is 6.20 Å². The first-order chi connectivity index (χ1) is 8.20. The second-order valence-electron chi connectivity index (χ2n) is 3.70. The summed E-state index contributed by atoms with van der Waals surface area (Å²) in [5.74, 6) is 0. The maximum absolute atomic E-state index is 11.4. The molecule has 4 heteroatoms. The predicted molar refractivity (Wildman–Crippen MR) is 66.2 cm³/mol. The van der Waals surface area contributed by atoms with Gasteiger partial charge in [-0.25, -0.2) is 0 Å². The van der Waals surface area contributed by atoms with Gasteiger partial charge in [-0.1, -0.05) is 12.1 Å². The van der Waals surface area contributed by atoms with Gasteiger partial charge in [0, 0.05) is 11.9 Å². The lowest BCUT2D eigenvalue weighted by Crippen LogP contribution is -2.11. The molecule has 2 N–H and O–H groups in total. The molecule has 1 aromatic heterocycles. The molecule has 0 spiro atoms. The third-order valence-corrected chi connectivity index (χ3v) is 2.37. The molecule has 0 bridgehead atoms. The van der Waals surface area contributed by atoms with Gasteiger partial charge in [-0.3, -0.25) is 4.79 Å². The van der Waals surface area contributed by atoms with E-state index in [9.17, 15) is 4.79 Å². The number of anilines is 2. The van der Waals surface area contributed by atoms with Crippen LogP contribution in [0.25, 0.3) is 0 Å². The van der Waals surface area contributed by atoms with Crippen LogP contribution in [0.2, 0.25) is 0 Å². The SMILES string of the molecule is Cc1cccc(Nc2cc[nH]c(=O)c2C#N)c1. The Balaban J connectivity index is 2.41. The van der Waals surface area contributed by atoms with E-state index >= 15 is 0 Å². The Labute approximate surface area is 98.5 Å². The normalized spacial score (nSPS) is 9.65. The van der Waals surface area contributed by atoms with Gasteiger partial charge in [-0.05, 0) is 30.7 Å². The summed E-state index contributed by atoms with van der Waals surface area (Å²) in [5, 5.41) is 12.0. The molecule has 0 aliphatic heterocycles. The van der Waals surface area contributed by atoms with Gasteiger partial charge in [0.1, 0.15) is 11.6 Å². The smallest absolute Gasteiger partial charge is 0.268 e. The molecule has 0 saturated heterocycles. The topological polar surface area (TPSA) is 68.7 Å². The van der Waals surface area contributed by atoms with Crippen LogP contribution in [-0.2, 0) is 0 Å². The van der Waals surface area contributed by atoms with Crippen LogP contribution in [0.4, 0.5) is 11.4 Å². The summed E-state index contributed by atoms with van der Waals surface area (Å²) < 4.78 is 0. The zero-order valence-corrected chi connectivity index (χ0v) is 9.32.